The second-order valence-corrected chi connectivity index (χ2v) is 4.13. The third-order valence-corrected chi connectivity index (χ3v) is 3.06. The monoisotopic (exact) mass is 311 g/mol. The largest absolute Gasteiger partial charge is 0.504 e. The molecule has 0 unspecified atom stereocenters. The molecule has 0 spiro atoms. The lowest BCUT2D eigenvalue weighted by Gasteiger charge is -2.20. The van der Waals surface area contributed by atoms with Gasteiger partial charge in [-0.25, -0.2) is 0 Å². The summed E-state index contributed by atoms with van der Waals surface area (Å²) in [6.45, 7) is 0. The second kappa shape index (κ2) is 4.91. The number of phenolic OH excluding ortho intramolecular Hbond substituents is 3. The smallest absolute Gasteiger partial charge is 0.356 e. The molecule has 0 aliphatic heterocycles. The Balaban J connectivity index is 2.95. The molecule has 0 aromatic heterocycles. The van der Waals surface area contributed by atoms with E-state index in [0.29, 0.717) is 0 Å². The van der Waals surface area contributed by atoms with Gasteiger partial charge in [-0.15, -0.1) is 0 Å². The van der Waals surface area contributed by atoms with E-state index in [1.54, 1.807) is 0 Å². The molecule has 0 radical (unpaired) electrons. The predicted octanol–water partition coefficient (Wildman–Crippen LogP) is 0.595. The van der Waals surface area contributed by atoms with Crippen LogP contribution in [0.2, 0.25) is 0 Å². The summed E-state index contributed by atoms with van der Waals surface area (Å²) in [7, 11) is 2.11. The van der Waals surface area contributed by atoms with Crippen LogP contribution in [0.5, 0.6) is 17.2 Å². The maximum absolute atomic E-state index is 12.2. The number of fused-ring (bicyclic) bond motifs is 1. The van der Waals surface area contributed by atoms with Crippen molar-refractivity contribution >= 4 is 17.3 Å². The van der Waals surface area contributed by atoms with Crippen molar-refractivity contribution < 1.29 is 39.3 Å². The summed E-state index contributed by atoms with van der Waals surface area (Å²) in [6, 6.07) is 0. The number of allylic oxidation sites excluding steroid dienone is 2. The van der Waals surface area contributed by atoms with E-state index < -0.39 is 62.1 Å². The van der Waals surface area contributed by atoms with Gasteiger partial charge in [0.2, 0.25) is 34.6 Å². The van der Waals surface area contributed by atoms with Gasteiger partial charge >= 0.3 is 5.69 Å². The van der Waals surface area contributed by atoms with Crippen molar-refractivity contribution in [2.75, 3.05) is 14.2 Å². The third kappa shape index (κ3) is 1.74. The van der Waals surface area contributed by atoms with Crippen molar-refractivity contribution in [2.45, 2.75) is 0 Å². The van der Waals surface area contributed by atoms with E-state index in [2.05, 4.69) is 0 Å². The molecule has 10 heteroatoms. The first-order valence-electron chi connectivity index (χ1n) is 5.64. The Bertz CT molecular complexity index is 763. The number of hydrogen-bond donors (Lipinski definition) is 3. The van der Waals surface area contributed by atoms with Crippen LogP contribution in [0.25, 0.3) is 0 Å². The summed E-state index contributed by atoms with van der Waals surface area (Å²) < 4.78 is 9.44. The highest BCUT2D eigenvalue weighted by Crippen LogP contribution is 2.50. The van der Waals surface area contributed by atoms with E-state index in [4.69, 9.17) is 9.47 Å². The number of carbonyl (C=O) groups is 2. The van der Waals surface area contributed by atoms with Gasteiger partial charge in [-0.3, -0.25) is 19.7 Å². The number of ketones is 2. The van der Waals surface area contributed by atoms with Gasteiger partial charge in [0.1, 0.15) is 0 Å². The molecule has 1 aliphatic carbocycles. The van der Waals surface area contributed by atoms with Gasteiger partial charge in [0.15, 0.2) is 5.75 Å². The Morgan fingerprint density at radius 3 is 1.64 bits per heavy atom. The summed E-state index contributed by atoms with van der Waals surface area (Å²) in [5, 5.41) is 40.1. The van der Waals surface area contributed by atoms with Crippen LogP contribution < -0.4 is 0 Å². The highest BCUT2D eigenvalue weighted by atomic mass is 16.6. The molecule has 116 valence electrons. The molecule has 0 heterocycles. The molecular weight excluding hydrogens is 302 g/mol. The number of benzene rings is 1. The summed E-state index contributed by atoms with van der Waals surface area (Å²) >= 11 is 0. The number of nitrogens with zero attached hydrogens (tertiary/aromatic N) is 1. The van der Waals surface area contributed by atoms with Crippen molar-refractivity contribution in [3.8, 4) is 17.2 Å². The van der Waals surface area contributed by atoms with Crippen LogP contribution in [0, 0.1) is 10.1 Å². The summed E-state index contributed by atoms with van der Waals surface area (Å²) in [4.78, 5) is 34.1. The molecule has 0 bridgehead atoms. The fraction of sp³-hybridized carbons (Fsp3) is 0.167. The minimum Gasteiger partial charge on any atom is -0.504 e. The van der Waals surface area contributed by atoms with Crippen LogP contribution in [-0.4, -0.2) is 46.0 Å². The average molecular weight is 311 g/mol. The van der Waals surface area contributed by atoms with E-state index in [9.17, 15) is 35.0 Å². The molecule has 0 fully saturated rings. The number of methoxy groups -OCH3 is 2. The van der Waals surface area contributed by atoms with Crippen LogP contribution in [0.15, 0.2) is 11.5 Å². The van der Waals surface area contributed by atoms with E-state index in [1.165, 1.54) is 0 Å². The van der Waals surface area contributed by atoms with Crippen LogP contribution in [0.4, 0.5) is 5.69 Å². The standard InChI is InChI=1S/C12H9NO9/c1-21-11-8(16)3-4(9(17)12(11)22-2)7(15)10(18)5(6(3)14)13(19)20/h14-15,18H,1-2H3. The van der Waals surface area contributed by atoms with E-state index >= 15 is 0 Å². The molecular formula is C12H9NO9. The molecule has 0 saturated carbocycles. The number of nitro groups is 1. The van der Waals surface area contributed by atoms with Gasteiger partial charge in [0.05, 0.1) is 30.3 Å². The van der Waals surface area contributed by atoms with Crippen molar-refractivity contribution in [2.24, 2.45) is 0 Å². The van der Waals surface area contributed by atoms with Gasteiger partial charge in [0, 0.05) is 0 Å². The Morgan fingerprint density at radius 1 is 0.864 bits per heavy atom. The quantitative estimate of drug-likeness (QED) is 0.314. The zero-order chi connectivity index (χ0) is 16.8. The molecule has 1 aliphatic rings. The number of aromatic hydroxyl groups is 3. The van der Waals surface area contributed by atoms with Crippen molar-refractivity contribution in [1.29, 1.82) is 0 Å². The molecule has 1 aromatic rings. The highest BCUT2D eigenvalue weighted by molar-refractivity contribution is 6.28. The molecule has 0 atom stereocenters. The first kappa shape index (κ1) is 15.1. The summed E-state index contributed by atoms with van der Waals surface area (Å²) in [6.07, 6.45) is 0. The van der Waals surface area contributed by atoms with Crippen molar-refractivity contribution in [3.05, 3.63) is 32.8 Å². The van der Waals surface area contributed by atoms with Gasteiger partial charge in [-0.05, 0) is 0 Å². The van der Waals surface area contributed by atoms with Crippen LogP contribution in [-0.2, 0) is 9.47 Å². The van der Waals surface area contributed by atoms with Gasteiger partial charge in [-0.1, -0.05) is 0 Å². The van der Waals surface area contributed by atoms with Gasteiger partial charge < -0.3 is 24.8 Å². The molecule has 3 N–H and O–H groups in total. The van der Waals surface area contributed by atoms with E-state index in [0.717, 1.165) is 14.2 Å². The first-order valence-corrected chi connectivity index (χ1v) is 5.64. The van der Waals surface area contributed by atoms with Crippen LogP contribution in [0.1, 0.15) is 20.7 Å². The Morgan fingerprint density at radius 2 is 1.27 bits per heavy atom. The number of nitro benzene ring substituents is 1. The summed E-state index contributed by atoms with van der Waals surface area (Å²) in [5.74, 6) is -7.13. The molecule has 22 heavy (non-hydrogen) atoms. The van der Waals surface area contributed by atoms with Gasteiger partial charge in [-0.2, -0.15) is 0 Å². The maximum Gasteiger partial charge on any atom is 0.356 e. The molecule has 10 nitrogen and oxygen atoms in total. The van der Waals surface area contributed by atoms with Crippen molar-refractivity contribution in [1.82, 2.24) is 0 Å². The molecule has 0 amide bonds. The Labute approximate surface area is 122 Å². The number of rotatable bonds is 3. The van der Waals surface area contributed by atoms with Crippen molar-refractivity contribution in [3.63, 3.8) is 0 Å². The van der Waals surface area contributed by atoms with E-state index in [1.807, 2.05) is 0 Å². The fourth-order valence-corrected chi connectivity index (χ4v) is 2.12. The lowest BCUT2D eigenvalue weighted by molar-refractivity contribution is -0.387. The van der Waals surface area contributed by atoms with E-state index in [-0.39, 0.29) is 0 Å². The zero-order valence-electron chi connectivity index (χ0n) is 11.2. The number of ether oxygens (including phenoxy) is 2. The normalized spacial score (nSPS) is 13.9. The zero-order valence-corrected chi connectivity index (χ0v) is 11.2. The number of phenols is 3. The van der Waals surface area contributed by atoms with Crippen LogP contribution in [0.3, 0.4) is 0 Å². The Kier molecular flexibility index (Phi) is 3.37. The molecule has 1 aromatic carbocycles. The molecule has 0 saturated heterocycles. The number of hydrogen-bond acceptors (Lipinski definition) is 9. The number of Topliss-reactive ketones (excluding diaryl/α,β-unsaturated/α-hetero) is 2. The fourth-order valence-electron chi connectivity index (χ4n) is 2.12. The highest BCUT2D eigenvalue weighted by Gasteiger charge is 2.44. The topological polar surface area (TPSA) is 156 Å². The van der Waals surface area contributed by atoms with Crippen LogP contribution >= 0.6 is 0 Å². The number of carbonyl (C=O) groups excluding carboxylic acids is 2. The first-order chi connectivity index (χ1) is 10.3. The van der Waals surface area contributed by atoms with Gasteiger partial charge in [0.25, 0.3) is 0 Å². The SMILES string of the molecule is COC1=C(OC)C(=O)c2c(O)c([N+](=O)[O-])c(O)c(O)c2C1=O. The maximum atomic E-state index is 12.2. The minimum absolute atomic E-state index is 0.567. The lowest BCUT2D eigenvalue weighted by Crippen LogP contribution is -2.24. The molecule has 2 rings (SSSR count). The average Bonchev–Trinajstić information content (AvgIpc) is 2.45. The minimum atomic E-state index is -1.33. The lowest BCUT2D eigenvalue weighted by atomic mass is 9.89. The predicted molar refractivity (Wildman–Crippen MR) is 67.8 cm³/mol. The second-order valence-electron chi connectivity index (χ2n) is 4.13. The Hall–Kier alpha value is -3.30. The third-order valence-electron chi connectivity index (χ3n) is 3.06. The summed E-state index contributed by atoms with van der Waals surface area (Å²) in [5.41, 5.74) is -2.94.